The number of thioether (sulfide) groups is 4. The first-order valence-corrected chi connectivity index (χ1v) is 17.0. The molecule has 0 N–H and O–H groups in total. The first kappa shape index (κ1) is 25.8. The average molecular weight is 667 g/mol. The van der Waals surface area contributed by atoms with Crippen LogP contribution in [0.1, 0.15) is 11.1 Å². The van der Waals surface area contributed by atoms with Crippen LogP contribution in [-0.4, -0.2) is 0 Å². The van der Waals surface area contributed by atoms with Gasteiger partial charge in [-0.25, -0.2) is 17.6 Å². The number of halogens is 4. The lowest BCUT2D eigenvalue weighted by Crippen LogP contribution is -2.04. The molecule has 182 valence electrons. The molecule has 0 saturated heterocycles. The summed E-state index contributed by atoms with van der Waals surface area (Å²) in [5.41, 5.74) is -0.388. The maximum atomic E-state index is 15.4. The van der Waals surface area contributed by atoms with Crippen molar-refractivity contribution in [3.63, 3.8) is 0 Å². The molecule has 6 rings (SSSR count). The smallest absolute Gasteiger partial charge is 0.145 e. The maximum absolute atomic E-state index is 15.4. The van der Waals surface area contributed by atoms with Crippen molar-refractivity contribution < 1.29 is 17.6 Å². The predicted octanol–water partition coefficient (Wildman–Crippen LogP) is 11.8. The van der Waals surface area contributed by atoms with Crippen molar-refractivity contribution in [3.05, 3.63) is 85.5 Å². The molecular weight excluding hydrogens is 661 g/mol. The van der Waals surface area contributed by atoms with E-state index in [0.29, 0.717) is 8.47 Å². The van der Waals surface area contributed by atoms with Gasteiger partial charge in [0, 0.05) is 11.1 Å². The highest BCUT2D eigenvalue weighted by atomic mass is 32.3. The summed E-state index contributed by atoms with van der Waals surface area (Å²) in [6.45, 7) is 0. The van der Waals surface area contributed by atoms with Crippen LogP contribution in [0.15, 0.2) is 61.7 Å². The Morgan fingerprint density at radius 2 is 0.778 bits per heavy atom. The first-order valence-electron chi connectivity index (χ1n) is 9.67. The fraction of sp³-hybridized carbons (Fsp3) is 0. The number of rotatable bonds is 3. The third-order valence-corrected chi connectivity index (χ3v) is 16.2. The second-order valence-electron chi connectivity index (χ2n) is 6.98. The van der Waals surface area contributed by atoms with Crippen LogP contribution in [0.5, 0.6) is 0 Å². The molecule has 14 heteroatoms. The van der Waals surface area contributed by atoms with Crippen LogP contribution in [0.2, 0.25) is 0 Å². The molecule has 36 heavy (non-hydrogen) atoms. The van der Waals surface area contributed by atoms with Gasteiger partial charge in [-0.3, -0.25) is 0 Å². The Bertz CT molecular complexity index is 1510. The Morgan fingerprint density at radius 1 is 0.500 bits per heavy atom. The molecule has 0 unspecified atom stereocenters. The molecule has 4 heterocycles. The topological polar surface area (TPSA) is 0 Å². The van der Waals surface area contributed by atoms with E-state index in [4.69, 9.17) is 24.4 Å². The van der Waals surface area contributed by atoms with Gasteiger partial charge in [0.25, 0.3) is 0 Å². The van der Waals surface area contributed by atoms with Crippen molar-refractivity contribution in [2.75, 3.05) is 0 Å². The molecule has 0 atom stereocenters. The largest absolute Gasteiger partial charge is 0.206 e. The van der Waals surface area contributed by atoms with Crippen molar-refractivity contribution in [2.24, 2.45) is 0 Å². The molecule has 0 amide bonds. The van der Waals surface area contributed by atoms with Gasteiger partial charge in [0.1, 0.15) is 29.5 Å². The minimum Gasteiger partial charge on any atom is -0.206 e. The maximum Gasteiger partial charge on any atom is 0.145 e. The summed E-state index contributed by atoms with van der Waals surface area (Å²) >= 11 is 21.5. The van der Waals surface area contributed by atoms with Crippen LogP contribution in [0, 0.1) is 29.5 Å². The van der Waals surface area contributed by atoms with E-state index in [0.717, 1.165) is 47.4 Å². The molecule has 2 aliphatic heterocycles. The van der Waals surface area contributed by atoms with E-state index in [1.807, 2.05) is 0 Å². The van der Waals surface area contributed by atoms with Gasteiger partial charge in [0.15, 0.2) is 0 Å². The second kappa shape index (κ2) is 10.3. The number of allylic oxidation sites excluding steroid dienone is 2. The Balaban J connectivity index is 1.69. The van der Waals surface area contributed by atoms with Crippen LogP contribution >= 0.6 is 117 Å². The van der Waals surface area contributed by atoms with E-state index < -0.39 is 23.3 Å². The monoisotopic (exact) mass is 666 g/mol. The summed E-state index contributed by atoms with van der Waals surface area (Å²) in [6, 6.07) is 7.16. The Hall–Kier alpha value is -0.420. The van der Waals surface area contributed by atoms with Crippen molar-refractivity contribution in [1.82, 2.24) is 0 Å². The molecule has 2 aromatic carbocycles. The van der Waals surface area contributed by atoms with Gasteiger partial charge >= 0.3 is 0 Å². The Morgan fingerprint density at radius 3 is 1.06 bits per heavy atom. The van der Waals surface area contributed by atoms with Crippen molar-refractivity contribution >= 4 is 128 Å². The Labute approximate surface area is 245 Å². The fourth-order valence-corrected chi connectivity index (χ4v) is 16.9. The number of fused-ring (bicyclic) bond motifs is 2. The molecule has 2 aliphatic rings. The predicted molar refractivity (Wildman–Crippen MR) is 156 cm³/mol. The van der Waals surface area contributed by atoms with Crippen molar-refractivity contribution in [1.29, 1.82) is 0 Å². The molecule has 4 aromatic rings. The lowest BCUT2D eigenvalue weighted by molar-refractivity contribution is 0.573. The molecule has 0 nitrogen and oxygen atoms in total. The van der Waals surface area contributed by atoms with Gasteiger partial charge in [-0.1, -0.05) is 83.6 Å². The highest BCUT2D eigenvalue weighted by molar-refractivity contribution is 8.27. The normalized spacial score (nSPS) is 14.3. The highest BCUT2D eigenvalue weighted by Gasteiger charge is 2.35. The molecular formula is C22H6F4S10. The van der Waals surface area contributed by atoms with Crippen LogP contribution < -0.4 is 0 Å². The second-order valence-corrected chi connectivity index (χ2v) is 19.1. The molecule has 2 aromatic heterocycles. The summed E-state index contributed by atoms with van der Waals surface area (Å²) in [6.07, 6.45) is 0. The molecule has 0 aliphatic carbocycles. The zero-order valence-corrected chi connectivity index (χ0v) is 25.2. The molecule has 0 saturated carbocycles. The zero-order chi connectivity index (χ0) is 25.1. The first-order chi connectivity index (χ1) is 17.3. The Kier molecular flexibility index (Phi) is 7.38. The van der Waals surface area contributed by atoms with Gasteiger partial charge in [-0.15, -0.1) is 45.3 Å². The number of hydrogen-bond acceptors (Lipinski definition) is 10. The van der Waals surface area contributed by atoms with Crippen LogP contribution in [0.3, 0.4) is 0 Å². The van der Waals surface area contributed by atoms with Crippen molar-refractivity contribution in [2.45, 2.75) is 16.8 Å². The summed E-state index contributed by atoms with van der Waals surface area (Å²) in [5.74, 6) is -3.24. The number of benzene rings is 2. The molecule has 0 fully saturated rings. The van der Waals surface area contributed by atoms with Gasteiger partial charge in [-0.05, 0) is 24.3 Å². The average Bonchev–Trinajstić information content (AvgIpc) is 3.53. The van der Waals surface area contributed by atoms with E-state index in [-0.39, 0.29) is 22.3 Å². The quantitative estimate of drug-likeness (QED) is 0.156. The standard InChI is InChI=1S/C22H6F4S10/c23-7-3-1-4-8(24)11(7)13(15-29-17-18(30-15)34-21(27)33-17)14(12-9(25)5-2-6-10(12)26)16-31-19-20(32-16)36-22(28)35-19/h1-6H. The summed E-state index contributed by atoms with van der Waals surface area (Å²) in [7, 11) is 0. The minimum absolute atomic E-state index is 0.125. The van der Waals surface area contributed by atoms with Gasteiger partial charge in [0.2, 0.25) is 0 Å². The van der Waals surface area contributed by atoms with Gasteiger partial charge < -0.3 is 0 Å². The van der Waals surface area contributed by atoms with E-state index >= 15 is 17.6 Å². The van der Waals surface area contributed by atoms with Crippen molar-refractivity contribution in [3.8, 4) is 0 Å². The van der Waals surface area contributed by atoms with Crippen LogP contribution in [-0.2, 0) is 0 Å². The molecule has 0 spiro atoms. The highest BCUT2D eigenvalue weighted by Crippen LogP contribution is 2.64. The van der Waals surface area contributed by atoms with E-state index in [9.17, 15) is 0 Å². The lowest BCUT2D eigenvalue weighted by Gasteiger charge is -2.20. The third kappa shape index (κ3) is 4.65. The summed E-state index contributed by atoms with van der Waals surface area (Å²) < 4.78 is 67.6. The summed E-state index contributed by atoms with van der Waals surface area (Å²) in [4.78, 5) is 0. The minimum atomic E-state index is -0.810. The lowest BCUT2D eigenvalue weighted by atomic mass is 9.93. The molecule has 0 bridgehead atoms. The van der Waals surface area contributed by atoms with Gasteiger partial charge in [-0.2, -0.15) is 0 Å². The van der Waals surface area contributed by atoms with E-state index in [1.54, 1.807) is 0 Å². The fourth-order valence-electron chi connectivity index (χ4n) is 3.48. The zero-order valence-electron chi connectivity index (χ0n) is 17.1. The number of hydrogen-bond donors (Lipinski definition) is 0. The van der Waals surface area contributed by atoms with E-state index in [2.05, 4.69) is 0 Å². The van der Waals surface area contributed by atoms with Crippen LogP contribution in [0.4, 0.5) is 17.6 Å². The van der Waals surface area contributed by atoms with Gasteiger partial charge in [0.05, 0.1) is 36.4 Å². The SMILES string of the molecule is Fc1cccc(F)c1C(=C1Sc2sc(=S)sc2S1)C(=C1Sc2sc(=S)sc2S1)c1c(F)cccc1F. The van der Waals surface area contributed by atoms with E-state index in [1.165, 1.54) is 105 Å². The summed E-state index contributed by atoms with van der Waals surface area (Å²) in [5, 5.41) is 0. The third-order valence-electron chi connectivity index (χ3n) is 4.86. The molecule has 0 radical (unpaired) electrons. The van der Waals surface area contributed by atoms with Crippen LogP contribution in [0.25, 0.3) is 11.1 Å².